The molecule has 0 aliphatic heterocycles. The van der Waals surface area contributed by atoms with Crippen molar-refractivity contribution in [2.24, 2.45) is 0 Å². The molecule has 5 heteroatoms. The zero-order chi connectivity index (χ0) is 16.1. The maximum atomic E-state index is 13.9. The third-order valence-corrected chi connectivity index (χ3v) is 3.37. The number of phenols is 1. The van der Waals surface area contributed by atoms with Crippen molar-refractivity contribution >= 4 is 5.91 Å². The van der Waals surface area contributed by atoms with Crippen molar-refractivity contribution in [1.82, 2.24) is 10.2 Å². The largest absolute Gasteiger partial charge is 0.508 e. The van der Waals surface area contributed by atoms with E-state index in [1.807, 2.05) is 0 Å². The van der Waals surface area contributed by atoms with Gasteiger partial charge in [0.2, 0.25) is 5.91 Å². The zero-order valence-corrected chi connectivity index (χ0v) is 12.6. The third kappa shape index (κ3) is 3.83. The lowest BCUT2D eigenvalue weighted by atomic mass is 10.0. The standard InChI is InChI=1S/C17H19FN2O2/c1-20(2)16(14-5-3-4-6-15(14)18)17(22)19-11-12-7-9-13(21)10-8-12/h3-10,16,21H,11H2,1-2H3,(H,19,22)/t16-/m1/s1. The van der Waals surface area contributed by atoms with Crippen molar-refractivity contribution in [1.29, 1.82) is 0 Å². The topological polar surface area (TPSA) is 52.6 Å². The molecule has 0 bridgehead atoms. The average molecular weight is 302 g/mol. The summed E-state index contributed by atoms with van der Waals surface area (Å²) in [5, 5.41) is 12.0. The molecule has 22 heavy (non-hydrogen) atoms. The highest BCUT2D eigenvalue weighted by Gasteiger charge is 2.25. The first-order valence-electron chi connectivity index (χ1n) is 6.95. The van der Waals surface area contributed by atoms with E-state index in [1.54, 1.807) is 61.5 Å². The van der Waals surface area contributed by atoms with Crippen LogP contribution in [0, 0.1) is 5.82 Å². The van der Waals surface area contributed by atoms with E-state index in [-0.39, 0.29) is 11.7 Å². The number of phenolic OH excluding ortho intramolecular Hbond substituents is 1. The van der Waals surface area contributed by atoms with Gasteiger partial charge in [-0.25, -0.2) is 4.39 Å². The average Bonchev–Trinajstić information content (AvgIpc) is 2.48. The minimum Gasteiger partial charge on any atom is -0.508 e. The fraction of sp³-hybridized carbons (Fsp3) is 0.235. The van der Waals surface area contributed by atoms with Crippen LogP contribution in [0.4, 0.5) is 4.39 Å². The SMILES string of the molecule is CN(C)[C@@H](C(=O)NCc1ccc(O)cc1)c1ccccc1F. The van der Waals surface area contributed by atoms with Gasteiger partial charge in [0.15, 0.2) is 0 Å². The van der Waals surface area contributed by atoms with Crippen LogP contribution >= 0.6 is 0 Å². The molecule has 116 valence electrons. The minimum atomic E-state index is -0.696. The predicted octanol–water partition coefficient (Wildman–Crippen LogP) is 2.45. The molecule has 2 aromatic rings. The van der Waals surface area contributed by atoms with Crippen LogP contribution < -0.4 is 5.32 Å². The predicted molar refractivity (Wildman–Crippen MR) is 82.8 cm³/mol. The summed E-state index contributed by atoms with van der Waals surface area (Å²) in [6.07, 6.45) is 0. The summed E-state index contributed by atoms with van der Waals surface area (Å²) in [6.45, 7) is 0.317. The van der Waals surface area contributed by atoms with Crippen LogP contribution in [0.5, 0.6) is 5.75 Å². The number of carbonyl (C=O) groups excluding carboxylic acids is 1. The van der Waals surface area contributed by atoms with Gasteiger partial charge in [0.25, 0.3) is 0 Å². The maximum Gasteiger partial charge on any atom is 0.242 e. The summed E-state index contributed by atoms with van der Waals surface area (Å²) in [6, 6.07) is 12.1. The van der Waals surface area contributed by atoms with Crippen molar-refractivity contribution in [2.75, 3.05) is 14.1 Å². The molecule has 0 fully saturated rings. The highest BCUT2D eigenvalue weighted by Crippen LogP contribution is 2.21. The van der Waals surface area contributed by atoms with Gasteiger partial charge in [-0.3, -0.25) is 9.69 Å². The van der Waals surface area contributed by atoms with Crippen molar-refractivity contribution in [3.05, 3.63) is 65.5 Å². The maximum absolute atomic E-state index is 13.9. The Morgan fingerprint density at radius 2 is 1.82 bits per heavy atom. The smallest absolute Gasteiger partial charge is 0.242 e. The summed E-state index contributed by atoms with van der Waals surface area (Å²) in [5.74, 6) is -0.503. The Morgan fingerprint density at radius 1 is 1.18 bits per heavy atom. The molecule has 0 radical (unpaired) electrons. The van der Waals surface area contributed by atoms with Gasteiger partial charge in [-0.05, 0) is 37.9 Å². The van der Waals surface area contributed by atoms with Crippen LogP contribution in [-0.4, -0.2) is 30.0 Å². The van der Waals surface area contributed by atoms with Crippen LogP contribution in [0.25, 0.3) is 0 Å². The quantitative estimate of drug-likeness (QED) is 0.892. The minimum absolute atomic E-state index is 0.174. The Balaban J connectivity index is 2.11. The van der Waals surface area contributed by atoms with Gasteiger partial charge in [0.1, 0.15) is 17.6 Å². The summed E-state index contributed by atoms with van der Waals surface area (Å²) < 4.78 is 13.9. The lowest BCUT2D eigenvalue weighted by Crippen LogP contribution is -2.37. The van der Waals surface area contributed by atoms with Gasteiger partial charge in [0, 0.05) is 12.1 Å². The first-order valence-corrected chi connectivity index (χ1v) is 6.95. The van der Waals surface area contributed by atoms with E-state index in [9.17, 15) is 14.3 Å². The van der Waals surface area contributed by atoms with Crippen LogP contribution in [0.3, 0.4) is 0 Å². The molecule has 1 amide bonds. The molecule has 0 spiro atoms. The fourth-order valence-corrected chi connectivity index (χ4v) is 2.25. The molecule has 0 aromatic heterocycles. The molecule has 2 aromatic carbocycles. The Bertz CT molecular complexity index is 641. The zero-order valence-electron chi connectivity index (χ0n) is 12.6. The molecular formula is C17H19FN2O2. The number of carbonyl (C=O) groups is 1. The van der Waals surface area contributed by atoms with Crippen LogP contribution in [0.2, 0.25) is 0 Å². The molecule has 2 rings (SSSR count). The molecule has 0 aliphatic carbocycles. The van der Waals surface area contributed by atoms with Gasteiger partial charge in [-0.1, -0.05) is 30.3 Å². The van der Waals surface area contributed by atoms with E-state index < -0.39 is 11.9 Å². The number of benzene rings is 2. The number of rotatable bonds is 5. The van der Waals surface area contributed by atoms with E-state index in [0.717, 1.165) is 5.56 Å². The number of nitrogens with zero attached hydrogens (tertiary/aromatic N) is 1. The lowest BCUT2D eigenvalue weighted by Gasteiger charge is -2.24. The first kappa shape index (κ1) is 16.0. The molecule has 4 nitrogen and oxygen atoms in total. The van der Waals surface area contributed by atoms with Gasteiger partial charge in [-0.15, -0.1) is 0 Å². The van der Waals surface area contributed by atoms with Gasteiger partial charge in [-0.2, -0.15) is 0 Å². The molecular weight excluding hydrogens is 283 g/mol. The number of aromatic hydroxyl groups is 1. The van der Waals surface area contributed by atoms with E-state index in [0.29, 0.717) is 12.1 Å². The molecule has 0 saturated carbocycles. The second-order valence-electron chi connectivity index (χ2n) is 5.27. The Morgan fingerprint density at radius 3 is 2.41 bits per heavy atom. The summed E-state index contributed by atoms with van der Waals surface area (Å²) in [4.78, 5) is 14.1. The van der Waals surface area contributed by atoms with Gasteiger partial charge in [0.05, 0.1) is 0 Å². The lowest BCUT2D eigenvalue weighted by molar-refractivity contribution is -0.126. The monoisotopic (exact) mass is 302 g/mol. The van der Waals surface area contributed by atoms with E-state index in [2.05, 4.69) is 5.32 Å². The van der Waals surface area contributed by atoms with E-state index >= 15 is 0 Å². The highest BCUT2D eigenvalue weighted by atomic mass is 19.1. The number of likely N-dealkylation sites (N-methyl/N-ethyl adjacent to an activating group) is 1. The summed E-state index contributed by atoms with van der Waals surface area (Å²) in [5.41, 5.74) is 1.20. The molecule has 0 unspecified atom stereocenters. The number of amides is 1. The van der Waals surface area contributed by atoms with E-state index in [1.165, 1.54) is 6.07 Å². The molecule has 0 heterocycles. The second-order valence-corrected chi connectivity index (χ2v) is 5.27. The van der Waals surface area contributed by atoms with Gasteiger partial charge >= 0.3 is 0 Å². The number of hydrogen-bond acceptors (Lipinski definition) is 3. The highest BCUT2D eigenvalue weighted by molar-refractivity contribution is 5.83. The second kappa shape index (κ2) is 7.04. The van der Waals surface area contributed by atoms with Crippen LogP contribution in [0.15, 0.2) is 48.5 Å². The first-order chi connectivity index (χ1) is 10.5. The van der Waals surface area contributed by atoms with E-state index in [4.69, 9.17) is 0 Å². The number of hydrogen-bond donors (Lipinski definition) is 2. The van der Waals surface area contributed by atoms with Crippen molar-refractivity contribution in [2.45, 2.75) is 12.6 Å². The van der Waals surface area contributed by atoms with Crippen molar-refractivity contribution in [3.8, 4) is 5.75 Å². The third-order valence-electron chi connectivity index (χ3n) is 3.37. The number of nitrogens with one attached hydrogen (secondary N) is 1. The fourth-order valence-electron chi connectivity index (χ4n) is 2.25. The Labute approximate surface area is 129 Å². The normalized spacial score (nSPS) is 12.2. The molecule has 2 N–H and O–H groups in total. The molecule has 0 saturated heterocycles. The van der Waals surface area contributed by atoms with Crippen LogP contribution in [-0.2, 0) is 11.3 Å². The number of halogens is 1. The van der Waals surface area contributed by atoms with Gasteiger partial charge < -0.3 is 10.4 Å². The summed E-state index contributed by atoms with van der Waals surface area (Å²) >= 11 is 0. The Hall–Kier alpha value is -2.40. The molecule has 1 atom stereocenters. The Kier molecular flexibility index (Phi) is 5.12. The van der Waals surface area contributed by atoms with Crippen molar-refractivity contribution < 1.29 is 14.3 Å². The molecule has 0 aliphatic rings. The summed E-state index contributed by atoms with van der Waals surface area (Å²) in [7, 11) is 3.47. The van der Waals surface area contributed by atoms with Crippen molar-refractivity contribution in [3.63, 3.8) is 0 Å². The van der Waals surface area contributed by atoms with Crippen LogP contribution in [0.1, 0.15) is 17.2 Å².